The van der Waals surface area contributed by atoms with Crippen LogP contribution in [0.2, 0.25) is 5.02 Å². The molecule has 1 aromatic carbocycles. The highest BCUT2D eigenvalue weighted by Gasteiger charge is 2.24. The average molecular weight is 298 g/mol. The summed E-state index contributed by atoms with van der Waals surface area (Å²) in [5.41, 5.74) is 1.59. The molecule has 4 N–H and O–H groups in total. The van der Waals surface area contributed by atoms with Gasteiger partial charge in [-0.15, -0.1) is 0 Å². The van der Waals surface area contributed by atoms with E-state index >= 15 is 0 Å². The molecular formula is C13H16ClN3O3. The zero-order chi connectivity index (χ0) is 14.5. The van der Waals surface area contributed by atoms with Crippen molar-refractivity contribution in [2.45, 2.75) is 25.6 Å². The van der Waals surface area contributed by atoms with Crippen LogP contribution in [-0.2, 0) is 17.9 Å². The number of halogens is 1. The van der Waals surface area contributed by atoms with Crippen LogP contribution >= 0.6 is 11.6 Å². The largest absolute Gasteiger partial charge is 0.465 e. The highest BCUT2D eigenvalue weighted by atomic mass is 35.5. The number of rotatable bonds is 5. The Hall–Kier alpha value is -1.79. The Morgan fingerprint density at radius 2 is 2.00 bits per heavy atom. The number of nitrogens with one attached hydrogen (secondary N) is 3. The van der Waals surface area contributed by atoms with Gasteiger partial charge >= 0.3 is 6.09 Å². The molecule has 0 bridgehead atoms. The van der Waals surface area contributed by atoms with Crippen molar-refractivity contribution >= 4 is 23.6 Å². The van der Waals surface area contributed by atoms with Crippen LogP contribution in [0.4, 0.5) is 4.79 Å². The van der Waals surface area contributed by atoms with Crippen molar-refractivity contribution in [2.24, 2.45) is 0 Å². The van der Waals surface area contributed by atoms with E-state index in [1.54, 1.807) is 18.2 Å². The Bertz CT molecular complexity index is 518. The molecule has 1 atom stereocenters. The predicted octanol–water partition coefficient (Wildman–Crippen LogP) is 1.09. The van der Waals surface area contributed by atoms with Gasteiger partial charge in [-0.2, -0.15) is 0 Å². The van der Waals surface area contributed by atoms with Crippen molar-refractivity contribution in [2.75, 3.05) is 6.54 Å². The Morgan fingerprint density at radius 3 is 2.60 bits per heavy atom. The third kappa shape index (κ3) is 3.85. The van der Waals surface area contributed by atoms with E-state index in [4.69, 9.17) is 16.7 Å². The topological polar surface area (TPSA) is 90.5 Å². The van der Waals surface area contributed by atoms with Crippen molar-refractivity contribution in [3.05, 3.63) is 34.3 Å². The molecule has 0 saturated carbocycles. The molecule has 1 heterocycles. The number of amides is 2. The highest BCUT2D eigenvalue weighted by molar-refractivity contribution is 6.30. The van der Waals surface area contributed by atoms with E-state index in [9.17, 15) is 9.59 Å². The monoisotopic (exact) mass is 297 g/mol. The number of benzene rings is 1. The van der Waals surface area contributed by atoms with Gasteiger partial charge in [0.1, 0.15) is 0 Å². The summed E-state index contributed by atoms with van der Waals surface area (Å²) in [7, 11) is 0. The highest BCUT2D eigenvalue weighted by Crippen LogP contribution is 2.16. The third-order valence-corrected chi connectivity index (χ3v) is 3.43. The van der Waals surface area contributed by atoms with Crippen LogP contribution in [0.15, 0.2) is 18.2 Å². The first-order valence-corrected chi connectivity index (χ1v) is 6.69. The first-order chi connectivity index (χ1) is 9.56. The van der Waals surface area contributed by atoms with Crippen LogP contribution in [0.3, 0.4) is 0 Å². The second kappa shape index (κ2) is 6.58. The normalized spacial score (nSPS) is 17.1. The minimum Gasteiger partial charge on any atom is -0.465 e. The maximum Gasteiger partial charge on any atom is 0.404 e. The van der Waals surface area contributed by atoms with Crippen LogP contribution in [0.5, 0.6) is 0 Å². The van der Waals surface area contributed by atoms with Crippen LogP contribution in [-0.4, -0.2) is 29.7 Å². The van der Waals surface area contributed by atoms with Gasteiger partial charge in [0.2, 0.25) is 5.91 Å². The summed E-state index contributed by atoms with van der Waals surface area (Å²) in [6.45, 7) is 1.37. The van der Waals surface area contributed by atoms with Crippen LogP contribution < -0.4 is 16.0 Å². The smallest absolute Gasteiger partial charge is 0.404 e. The zero-order valence-corrected chi connectivity index (χ0v) is 11.5. The zero-order valence-electron chi connectivity index (χ0n) is 10.8. The average Bonchev–Trinajstić information content (AvgIpc) is 2.32. The van der Waals surface area contributed by atoms with Crippen molar-refractivity contribution in [3.63, 3.8) is 0 Å². The van der Waals surface area contributed by atoms with Crippen LogP contribution in [0.25, 0.3) is 0 Å². The summed E-state index contributed by atoms with van der Waals surface area (Å²) in [4.78, 5) is 22.3. The van der Waals surface area contributed by atoms with Crippen molar-refractivity contribution < 1.29 is 14.7 Å². The van der Waals surface area contributed by atoms with E-state index in [0.29, 0.717) is 11.6 Å². The standard InChI is InChI=1S/C13H16ClN3O3/c14-10-2-1-8(6-17-13(19)20)9(5-10)7-16-12(18)11-3-4-15-11/h1-2,5,11,15,17H,3-4,6-7H2,(H,16,18)(H,19,20). The molecule has 108 valence electrons. The first kappa shape index (κ1) is 14.6. The number of hydrogen-bond donors (Lipinski definition) is 4. The lowest BCUT2D eigenvalue weighted by Gasteiger charge is -2.26. The molecule has 7 heteroatoms. The molecule has 2 amide bonds. The van der Waals surface area contributed by atoms with Crippen molar-refractivity contribution in [1.29, 1.82) is 0 Å². The Morgan fingerprint density at radius 1 is 1.30 bits per heavy atom. The molecular weight excluding hydrogens is 282 g/mol. The van der Waals surface area contributed by atoms with Crippen molar-refractivity contribution in [1.82, 2.24) is 16.0 Å². The van der Waals surface area contributed by atoms with Gasteiger partial charge in [0, 0.05) is 18.1 Å². The van der Waals surface area contributed by atoms with Gasteiger partial charge < -0.3 is 21.1 Å². The summed E-state index contributed by atoms with van der Waals surface area (Å²) < 4.78 is 0. The summed E-state index contributed by atoms with van der Waals surface area (Å²) in [6, 6.07) is 5.06. The van der Waals surface area contributed by atoms with E-state index < -0.39 is 6.09 Å². The fraction of sp³-hybridized carbons (Fsp3) is 0.385. The molecule has 1 aromatic rings. The Labute approximate surface area is 121 Å². The molecule has 1 aliphatic rings. The minimum atomic E-state index is -1.09. The quantitative estimate of drug-likeness (QED) is 0.655. The predicted molar refractivity (Wildman–Crippen MR) is 74.6 cm³/mol. The lowest BCUT2D eigenvalue weighted by atomic mass is 10.1. The molecule has 1 fully saturated rings. The molecule has 1 aliphatic heterocycles. The molecule has 2 rings (SSSR count). The molecule has 0 spiro atoms. The molecule has 0 aliphatic carbocycles. The van der Waals surface area contributed by atoms with Gasteiger partial charge in [0.25, 0.3) is 0 Å². The fourth-order valence-electron chi connectivity index (χ4n) is 1.92. The van der Waals surface area contributed by atoms with E-state index in [1.807, 2.05) is 0 Å². The van der Waals surface area contributed by atoms with Gasteiger partial charge in [-0.1, -0.05) is 17.7 Å². The minimum absolute atomic E-state index is 0.0478. The molecule has 20 heavy (non-hydrogen) atoms. The van der Waals surface area contributed by atoms with E-state index in [2.05, 4.69) is 16.0 Å². The Kier molecular flexibility index (Phi) is 4.81. The molecule has 0 aromatic heterocycles. The third-order valence-electron chi connectivity index (χ3n) is 3.19. The lowest BCUT2D eigenvalue weighted by molar-refractivity contribution is -0.124. The Balaban J connectivity index is 1.98. The molecule has 1 unspecified atom stereocenters. The van der Waals surface area contributed by atoms with Crippen LogP contribution in [0.1, 0.15) is 17.5 Å². The van der Waals surface area contributed by atoms with Crippen molar-refractivity contribution in [3.8, 4) is 0 Å². The molecule has 1 saturated heterocycles. The summed E-state index contributed by atoms with van der Waals surface area (Å²) in [5, 5.41) is 17.3. The maximum atomic E-state index is 11.7. The van der Waals surface area contributed by atoms with Crippen LogP contribution in [0, 0.1) is 0 Å². The van der Waals surface area contributed by atoms with Gasteiger partial charge in [-0.25, -0.2) is 4.79 Å². The maximum absolute atomic E-state index is 11.7. The second-order valence-corrected chi connectivity index (χ2v) is 5.02. The summed E-state index contributed by atoms with van der Waals surface area (Å²) in [5.74, 6) is -0.0478. The second-order valence-electron chi connectivity index (χ2n) is 4.58. The van der Waals surface area contributed by atoms with E-state index in [0.717, 1.165) is 24.1 Å². The number of carbonyl (C=O) groups excluding carboxylic acids is 1. The fourth-order valence-corrected chi connectivity index (χ4v) is 2.12. The molecule has 0 radical (unpaired) electrons. The van der Waals surface area contributed by atoms with Gasteiger partial charge in [-0.05, 0) is 36.2 Å². The van der Waals surface area contributed by atoms with Gasteiger partial charge in [-0.3, -0.25) is 4.79 Å². The van der Waals surface area contributed by atoms with Gasteiger partial charge in [0.05, 0.1) is 6.04 Å². The number of carboxylic acid groups (broad SMARTS) is 1. The lowest BCUT2D eigenvalue weighted by Crippen LogP contribution is -2.53. The van der Waals surface area contributed by atoms with E-state index in [-0.39, 0.29) is 18.5 Å². The molecule has 6 nitrogen and oxygen atoms in total. The number of hydrogen-bond acceptors (Lipinski definition) is 3. The number of carbonyl (C=O) groups is 2. The first-order valence-electron chi connectivity index (χ1n) is 6.31. The van der Waals surface area contributed by atoms with Gasteiger partial charge in [0.15, 0.2) is 0 Å². The summed E-state index contributed by atoms with van der Waals surface area (Å²) in [6.07, 6.45) is -0.247. The van der Waals surface area contributed by atoms with E-state index in [1.165, 1.54) is 0 Å². The SMILES string of the molecule is O=C(O)NCc1ccc(Cl)cc1CNC(=O)C1CCN1. The summed E-state index contributed by atoms with van der Waals surface area (Å²) >= 11 is 5.93.